The summed E-state index contributed by atoms with van der Waals surface area (Å²) in [5.74, 6) is -1.28. The zero-order valence-electron chi connectivity index (χ0n) is 35.7. The van der Waals surface area contributed by atoms with Crippen molar-refractivity contribution in [1.82, 2.24) is 39.7 Å². The van der Waals surface area contributed by atoms with E-state index in [0.717, 1.165) is 6.04 Å². The quantitative estimate of drug-likeness (QED) is 0.0576. The molecule has 3 aromatic rings. The van der Waals surface area contributed by atoms with Crippen molar-refractivity contribution in [2.24, 2.45) is 5.92 Å². The molecule has 322 valence electrons. The largest absolute Gasteiger partial charge is 0.509 e. The van der Waals surface area contributed by atoms with E-state index in [1.807, 2.05) is 0 Å². The van der Waals surface area contributed by atoms with Crippen molar-refractivity contribution < 1.29 is 52.3 Å². The van der Waals surface area contributed by atoms with Crippen molar-refractivity contribution in [3.05, 3.63) is 17.4 Å². The number of halogens is 1. The maximum absolute atomic E-state index is 13.6. The fraction of sp³-hybridized carbons (Fsp3) is 0.722. The zero-order valence-corrected chi connectivity index (χ0v) is 37.4. The van der Waals surface area contributed by atoms with Crippen molar-refractivity contribution in [2.45, 2.75) is 150 Å². The minimum absolute atomic E-state index is 0.00170. The van der Waals surface area contributed by atoms with Gasteiger partial charge in [0.15, 0.2) is 47.9 Å². The van der Waals surface area contributed by atoms with Gasteiger partial charge in [-0.15, -0.1) is 15.0 Å². The van der Waals surface area contributed by atoms with Crippen LogP contribution in [0.1, 0.15) is 94.3 Å². The Bertz CT molecular complexity index is 1920. The number of amides is 2. The predicted octanol–water partition coefficient (Wildman–Crippen LogP) is 6.66. The number of hydrogen-bond donors (Lipinski definition) is 0. The molecule has 0 bridgehead atoms. The number of ketones is 1. The van der Waals surface area contributed by atoms with Crippen molar-refractivity contribution in [3.8, 4) is 0 Å². The molecule has 20 nitrogen and oxygen atoms in total. The van der Waals surface area contributed by atoms with Gasteiger partial charge in [0.25, 0.3) is 0 Å². The second-order valence-corrected chi connectivity index (χ2v) is 24.1. The minimum Gasteiger partial charge on any atom is -0.443 e. The summed E-state index contributed by atoms with van der Waals surface area (Å²) in [6.07, 6.45) is -6.11. The number of imidazole rings is 1. The van der Waals surface area contributed by atoms with Crippen molar-refractivity contribution in [1.29, 1.82) is 0 Å². The molecule has 0 N–H and O–H groups in total. The van der Waals surface area contributed by atoms with E-state index in [1.54, 1.807) is 69.2 Å². The standard InChI is InChI=1S/C36H56ClN9O11Si/c1-20-22(17-52-25(21(2)47)26-41-43-45(42-26)19-51-15-16-58(12,13)14)53-29(24(20)54-33(50)57-36(9,10)11)44-18-38-23-27(44)39-30(37)40-28(23)46(31(48)55-34(3,4)5)32(49)56-35(6,7)8/h18,20,22,24-25,29H,15-17,19H2,1-14H3/t20-,22-,24-,25?,29-/m1/s1. The van der Waals surface area contributed by atoms with Crippen LogP contribution in [0.5, 0.6) is 0 Å². The molecule has 1 fully saturated rings. The van der Waals surface area contributed by atoms with Gasteiger partial charge in [0.05, 0.1) is 19.0 Å². The Morgan fingerprint density at radius 1 is 0.948 bits per heavy atom. The molecule has 1 saturated heterocycles. The fourth-order valence-corrected chi connectivity index (χ4v) is 6.32. The zero-order chi connectivity index (χ0) is 43.5. The SMILES string of the molecule is CC(=O)C(OC[C@H]1O[C@@H](n2cnc3c(N(C(=O)OC(C)(C)C)C(=O)OC(C)(C)C)nc(Cl)nc32)[C@H](OC(=O)OC(C)(C)C)[C@@H]1C)c1nnn(COCC[Si](C)(C)C)n1. The number of aromatic nitrogens is 8. The number of anilines is 1. The Morgan fingerprint density at radius 3 is 2.10 bits per heavy atom. The van der Waals surface area contributed by atoms with E-state index in [0.29, 0.717) is 11.5 Å². The van der Waals surface area contributed by atoms with Gasteiger partial charge in [-0.05, 0) is 92.1 Å². The first-order valence-electron chi connectivity index (χ1n) is 18.8. The Hall–Kier alpha value is -4.31. The number of hydrogen-bond acceptors (Lipinski definition) is 17. The van der Waals surface area contributed by atoms with Crippen LogP contribution in [0.2, 0.25) is 31.0 Å². The van der Waals surface area contributed by atoms with E-state index in [9.17, 15) is 19.2 Å². The van der Waals surface area contributed by atoms with Gasteiger partial charge in [0.2, 0.25) is 11.1 Å². The van der Waals surface area contributed by atoms with Crippen LogP contribution in [0.3, 0.4) is 0 Å². The minimum atomic E-state index is -1.30. The molecule has 0 radical (unpaired) electrons. The lowest BCUT2D eigenvalue weighted by molar-refractivity contribution is -0.134. The highest BCUT2D eigenvalue weighted by Gasteiger charge is 2.48. The maximum Gasteiger partial charge on any atom is 0.509 e. The van der Waals surface area contributed by atoms with Gasteiger partial charge in [-0.1, -0.05) is 26.6 Å². The van der Waals surface area contributed by atoms with Crippen LogP contribution in [-0.4, -0.2) is 114 Å². The summed E-state index contributed by atoms with van der Waals surface area (Å²) in [7, 11) is -1.30. The third kappa shape index (κ3) is 12.8. The van der Waals surface area contributed by atoms with Gasteiger partial charge < -0.3 is 33.2 Å². The number of carbonyl (C=O) groups excluding carboxylic acids is 4. The van der Waals surface area contributed by atoms with E-state index in [1.165, 1.54) is 22.6 Å². The molecule has 22 heteroatoms. The first-order valence-corrected chi connectivity index (χ1v) is 22.9. The number of imide groups is 1. The Morgan fingerprint density at radius 2 is 1.55 bits per heavy atom. The molecule has 1 aliphatic rings. The summed E-state index contributed by atoms with van der Waals surface area (Å²) in [4.78, 5) is 67.9. The lowest BCUT2D eigenvalue weighted by atomic mass is 10.0. The van der Waals surface area contributed by atoms with Crippen molar-refractivity contribution >= 4 is 60.8 Å². The molecule has 2 amide bonds. The normalized spacial score (nSPS) is 19.5. The summed E-state index contributed by atoms with van der Waals surface area (Å²) in [5.41, 5.74) is -2.99. The summed E-state index contributed by atoms with van der Waals surface area (Å²) in [6.45, 7) is 25.1. The number of ether oxygens (including phenoxy) is 7. The molecular weight excluding hydrogens is 798 g/mol. The van der Waals surface area contributed by atoms with Crippen LogP contribution in [0.4, 0.5) is 20.2 Å². The lowest BCUT2D eigenvalue weighted by Gasteiger charge is -2.28. The summed E-state index contributed by atoms with van der Waals surface area (Å²) < 4.78 is 42.1. The van der Waals surface area contributed by atoms with Gasteiger partial charge in [0, 0.05) is 20.6 Å². The molecule has 0 aliphatic carbocycles. The molecule has 0 saturated carbocycles. The number of Topliss-reactive ketones (excluding diaryl/α,β-unsaturated/α-hetero) is 1. The molecule has 58 heavy (non-hydrogen) atoms. The van der Waals surface area contributed by atoms with Crippen LogP contribution < -0.4 is 4.90 Å². The van der Waals surface area contributed by atoms with E-state index < -0.39 is 73.7 Å². The smallest absolute Gasteiger partial charge is 0.443 e. The van der Waals surface area contributed by atoms with E-state index in [2.05, 4.69) is 50.0 Å². The highest BCUT2D eigenvalue weighted by Crippen LogP contribution is 2.40. The highest BCUT2D eigenvalue weighted by atomic mass is 35.5. The number of fused-ring (bicyclic) bond motifs is 1. The van der Waals surface area contributed by atoms with Crippen LogP contribution in [0.15, 0.2) is 6.33 Å². The number of tetrazole rings is 1. The summed E-state index contributed by atoms with van der Waals surface area (Å²) >= 11 is 6.44. The molecule has 1 aliphatic heterocycles. The topological polar surface area (TPSA) is 223 Å². The molecule has 0 spiro atoms. The molecule has 3 aromatic heterocycles. The van der Waals surface area contributed by atoms with Crippen LogP contribution in [0.25, 0.3) is 11.2 Å². The third-order valence-electron chi connectivity index (χ3n) is 8.04. The number of rotatable bonds is 13. The Kier molecular flexibility index (Phi) is 14.3. The second-order valence-electron chi connectivity index (χ2n) is 18.1. The molecule has 4 heterocycles. The third-order valence-corrected chi connectivity index (χ3v) is 9.91. The maximum atomic E-state index is 13.6. The Labute approximate surface area is 343 Å². The van der Waals surface area contributed by atoms with Crippen LogP contribution >= 0.6 is 11.6 Å². The first kappa shape index (κ1) is 46.4. The summed E-state index contributed by atoms with van der Waals surface area (Å²) in [5, 5.41) is 12.0. The van der Waals surface area contributed by atoms with Crippen molar-refractivity contribution in [2.75, 3.05) is 18.1 Å². The first-order chi connectivity index (χ1) is 26.6. The molecule has 5 atom stereocenters. The van der Waals surface area contributed by atoms with Gasteiger partial charge >= 0.3 is 18.3 Å². The lowest BCUT2D eigenvalue weighted by Crippen LogP contribution is -2.44. The average molecular weight is 854 g/mol. The number of carbonyl (C=O) groups is 4. The monoisotopic (exact) mass is 853 g/mol. The fourth-order valence-electron chi connectivity index (χ4n) is 5.40. The predicted molar refractivity (Wildman–Crippen MR) is 211 cm³/mol. The van der Waals surface area contributed by atoms with Gasteiger partial charge in [-0.2, -0.15) is 14.9 Å². The van der Waals surface area contributed by atoms with E-state index >= 15 is 0 Å². The molecule has 4 rings (SSSR count). The molecule has 0 aromatic carbocycles. The van der Waals surface area contributed by atoms with Crippen LogP contribution in [-0.2, 0) is 44.7 Å². The van der Waals surface area contributed by atoms with E-state index in [-0.39, 0.29) is 47.2 Å². The van der Waals surface area contributed by atoms with Crippen molar-refractivity contribution in [3.63, 3.8) is 0 Å². The number of nitrogens with zero attached hydrogens (tertiary/aromatic N) is 9. The second kappa shape index (κ2) is 17.9. The highest BCUT2D eigenvalue weighted by molar-refractivity contribution is 6.76. The summed E-state index contributed by atoms with van der Waals surface area (Å²) in [6, 6.07) is 0.958. The molecular formula is C36H56ClN9O11Si. The van der Waals surface area contributed by atoms with E-state index in [4.69, 9.17) is 44.8 Å². The van der Waals surface area contributed by atoms with Crippen LogP contribution in [0, 0.1) is 5.92 Å². The van der Waals surface area contributed by atoms with Gasteiger partial charge in [0.1, 0.15) is 16.8 Å². The van der Waals surface area contributed by atoms with Gasteiger partial charge in [-0.3, -0.25) is 9.36 Å². The van der Waals surface area contributed by atoms with Gasteiger partial charge in [-0.25, -0.2) is 19.4 Å². The Balaban J connectivity index is 1.68. The average Bonchev–Trinajstić information content (AvgIpc) is 3.74. The molecule has 1 unspecified atom stereocenters.